The number of hydrogen-bond donors (Lipinski definition) is 1. The summed E-state index contributed by atoms with van der Waals surface area (Å²) >= 11 is 0. The topological polar surface area (TPSA) is 32.8 Å². The Balaban J connectivity index is 1.71. The number of rotatable bonds is 11. The van der Waals surface area contributed by atoms with Crippen molar-refractivity contribution in [3.63, 3.8) is 0 Å². The van der Waals surface area contributed by atoms with Crippen LogP contribution in [0.1, 0.15) is 71.1 Å². The molecule has 2 nitrogen and oxygen atoms in total. The average molecular weight is 228 g/mol. The highest BCUT2D eigenvalue weighted by Gasteiger charge is 2.30. The van der Waals surface area contributed by atoms with Crippen molar-refractivity contribution in [3.8, 4) is 0 Å². The van der Waals surface area contributed by atoms with Crippen LogP contribution in [0.25, 0.3) is 0 Å². The fourth-order valence-electron chi connectivity index (χ4n) is 2.13. The van der Waals surface area contributed by atoms with Crippen LogP contribution in [0.2, 0.25) is 0 Å². The van der Waals surface area contributed by atoms with Gasteiger partial charge in [-0.25, -0.2) is 0 Å². The molecule has 0 amide bonds. The SMILES string of the molecule is CCCCCCCCCCC[C@@H](O)[C@H]1CO1. The summed E-state index contributed by atoms with van der Waals surface area (Å²) in [5, 5.41) is 9.56. The lowest BCUT2D eigenvalue weighted by atomic mass is 10.0. The largest absolute Gasteiger partial charge is 0.390 e. The predicted octanol–water partition coefficient (Wildman–Crippen LogP) is 3.67. The first-order valence-electron chi connectivity index (χ1n) is 7.14. The Labute approximate surface area is 100 Å². The molecule has 0 bridgehead atoms. The molecule has 1 aliphatic rings. The Hall–Kier alpha value is -0.0800. The second-order valence-electron chi connectivity index (χ2n) is 5.06. The van der Waals surface area contributed by atoms with Gasteiger partial charge in [0, 0.05) is 0 Å². The lowest BCUT2D eigenvalue weighted by molar-refractivity contribution is 0.123. The Morgan fingerprint density at radius 2 is 1.50 bits per heavy atom. The molecule has 96 valence electrons. The van der Waals surface area contributed by atoms with Crippen molar-refractivity contribution in [2.24, 2.45) is 0 Å². The summed E-state index contributed by atoms with van der Waals surface area (Å²) in [5.74, 6) is 0. The Bertz CT molecular complexity index is 155. The molecule has 1 N–H and O–H groups in total. The van der Waals surface area contributed by atoms with Crippen molar-refractivity contribution in [2.45, 2.75) is 83.3 Å². The molecule has 0 aromatic rings. The summed E-state index contributed by atoms with van der Waals surface area (Å²) in [6, 6.07) is 0. The van der Waals surface area contributed by atoms with E-state index in [4.69, 9.17) is 4.74 Å². The Kier molecular flexibility index (Phi) is 7.87. The van der Waals surface area contributed by atoms with Gasteiger partial charge in [-0.2, -0.15) is 0 Å². The zero-order chi connectivity index (χ0) is 11.6. The molecule has 0 spiro atoms. The van der Waals surface area contributed by atoms with Crippen LogP contribution in [-0.4, -0.2) is 23.9 Å². The lowest BCUT2D eigenvalue weighted by Crippen LogP contribution is -2.13. The number of aliphatic hydroxyl groups excluding tert-OH is 1. The molecule has 0 unspecified atom stereocenters. The number of hydrogen-bond acceptors (Lipinski definition) is 2. The predicted molar refractivity (Wildman–Crippen MR) is 67.6 cm³/mol. The number of epoxide rings is 1. The number of unbranched alkanes of at least 4 members (excludes halogenated alkanes) is 8. The second-order valence-corrected chi connectivity index (χ2v) is 5.06. The average Bonchev–Trinajstić information content (AvgIpc) is 3.10. The van der Waals surface area contributed by atoms with E-state index in [0.29, 0.717) is 0 Å². The van der Waals surface area contributed by atoms with Gasteiger partial charge in [-0.15, -0.1) is 0 Å². The first-order chi connectivity index (χ1) is 7.84. The highest BCUT2D eigenvalue weighted by atomic mass is 16.6. The van der Waals surface area contributed by atoms with Gasteiger partial charge in [0.25, 0.3) is 0 Å². The summed E-state index contributed by atoms with van der Waals surface area (Å²) < 4.78 is 5.05. The van der Waals surface area contributed by atoms with Gasteiger partial charge in [0.2, 0.25) is 0 Å². The van der Waals surface area contributed by atoms with Crippen LogP contribution in [0.3, 0.4) is 0 Å². The molecular weight excluding hydrogens is 200 g/mol. The lowest BCUT2D eigenvalue weighted by Gasteiger charge is -2.06. The van der Waals surface area contributed by atoms with Crippen LogP contribution in [0, 0.1) is 0 Å². The van der Waals surface area contributed by atoms with Crippen LogP contribution in [0.5, 0.6) is 0 Å². The monoisotopic (exact) mass is 228 g/mol. The summed E-state index contributed by atoms with van der Waals surface area (Å²) in [4.78, 5) is 0. The molecule has 0 aromatic carbocycles. The summed E-state index contributed by atoms with van der Waals surface area (Å²) in [7, 11) is 0. The third-order valence-electron chi connectivity index (χ3n) is 3.39. The van der Waals surface area contributed by atoms with Crippen molar-refractivity contribution in [2.75, 3.05) is 6.61 Å². The highest BCUT2D eigenvalue weighted by Crippen LogP contribution is 2.19. The van der Waals surface area contributed by atoms with E-state index in [1.54, 1.807) is 0 Å². The van der Waals surface area contributed by atoms with Crippen molar-refractivity contribution >= 4 is 0 Å². The molecule has 1 fully saturated rings. The van der Waals surface area contributed by atoms with E-state index in [9.17, 15) is 5.11 Å². The summed E-state index contributed by atoms with van der Waals surface area (Å²) in [6.45, 7) is 3.04. The number of aliphatic hydroxyl groups is 1. The van der Waals surface area contributed by atoms with Gasteiger partial charge >= 0.3 is 0 Å². The zero-order valence-electron chi connectivity index (χ0n) is 10.8. The van der Waals surface area contributed by atoms with Gasteiger partial charge in [0.05, 0.1) is 12.7 Å². The van der Waals surface area contributed by atoms with E-state index in [1.165, 1.54) is 51.4 Å². The van der Waals surface area contributed by atoms with Gasteiger partial charge in [-0.05, 0) is 6.42 Å². The zero-order valence-corrected chi connectivity index (χ0v) is 10.8. The maximum Gasteiger partial charge on any atom is 0.107 e. The summed E-state index contributed by atoms with van der Waals surface area (Å²) in [5.41, 5.74) is 0. The van der Waals surface area contributed by atoms with Gasteiger partial charge in [-0.1, -0.05) is 64.7 Å². The fourth-order valence-corrected chi connectivity index (χ4v) is 2.13. The van der Waals surface area contributed by atoms with E-state index in [2.05, 4.69) is 6.92 Å². The van der Waals surface area contributed by atoms with Gasteiger partial charge in [-0.3, -0.25) is 0 Å². The molecular formula is C14H28O2. The molecule has 0 aromatic heterocycles. The molecule has 0 aliphatic carbocycles. The van der Waals surface area contributed by atoms with Gasteiger partial charge in [0.1, 0.15) is 6.10 Å². The van der Waals surface area contributed by atoms with Crippen LogP contribution >= 0.6 is 0 Å². The number of ether oxygens (including phenoxy) is 1. The second kappa shape index (κ2) is 9.00. The molecule has 2 atom stereocenters. The first-order valence-corrected chi connectivity index (χ1v) is 7.14. The van der Waals surface area contributed by atoms with Gasteiger partial charge < -0.3 is 9.84 Å². The molecule has 1 saturated heterocycles. The highest BCUT2D eigenvalue weighted by molar-refractivity contribution is 4.77. The van der Waals surface area contributed by atoms with E-state index in [1.807, 2.05) is 0 Å². The molecule has 16 heavy (non-hydrogen) atoms. The minimum Gasteiger partial charge on any atom is -0.390 e. The van der Waals surface area contributed by atoms with E-state index in [0.717, 1.165) is 19.4 Å². The Morgan fingerprint density at radius 3 is 2.00 bits per heavy atom. The minimum atomic E-state index is -0.190. The fraction of sp³-hybridized carbons (Fsp3) is 1.00. The molecule has 1 heterocycles. The van der Waals surface area contributed by atoms with E-state index in [-0.39, 0.29) is 12.2 Å². The first kappa shape index (κ1) is 14.0. The van der Waals surface area contributed by atoms with Crippen LogP contribution in [0.15, 0.2) is 0 Å². The van der Waals surface area contributed by atoms with E-state index < -0.39 is 0 Å². The van der Waals surface area contributed by atoms with Crippen molar-refractivity contribution < 1.29 is 9.84 Å². The van der Waals surface area contributed by atoms with Crippen LogP contribution in [0.4, 0.5) is 0 Å². The third-order valence-corrected chi connectivity index (χ3v) is 3.39. The summed E-state index contributed by atoms with van der Waals surface area (Å²) in [6.07, 6.45) is 13.0. The van der Waals surface area contributed by atoms with Crippen LogP contribution < -0.4 is 0 Å². The van der Waals surface area contributed by atoms with Gasteiger partial charge in [0.15, 0.2) is 0 Å². The third kappa shape index (κ3) is 7.24. The molecule has 1 aliphatic heterocycles. The molecule has 0 radical (unpaired) electrons. The van der Waals surface area contributed by atoms with Crippen molar-refractivity contribution in [1.29, 1.82) is 0 Å². The minimum absolute atomic E-state index is 0.175. The molecule has 0 saturated carbocycles. The maximum absolute atomic E-state index is 9.56. The smallest absolute Gasteiger partial charge is 0.107 e. The molecule has 2 heteroatoms. The maximum atomic E-state index is 9.56. The molecule has 1 rings (SSSR count). The van der Waals surface area contributed by atoms with E-state index >= 15 is 0 Å². The standard InChI is InChI=1S/C14H28O2/c1-2-3-4-5-6-7-8-9-10-11-13(15)14-12-16-14/h13-15H,2-12H2,1H3/t13-,14-/m1/s1. The van der Waals surface area contributed by atoms with Crippen molar-refractivity contribution in [3.05, 3.63) is 0 Å². The quantitative estimate of drug-likeness (QED) is 0.432. The van der Waals surface area contributed by atoms with Crippen LogP contribution in [-0.2, 0) is 4.74 Å². The van der Waals surface area contributed by atoms with Crippen molar-refractivity contribution in [1.82, 2.24) is 0 Å². The normalized spacial score (nSPS) is 21.0. The Morgan fingerprint density at radius 1 is 1.00 bits per heavy atom.